The fraction of sp³-hybridized carbons (Fsp3) is 0.0625. The van der Waals surface area contributed by atoms with Gasteiger partial charge in [-0.05, 0) is 36.8 Å². The van der Waals surface area contributed by atoms with Gasteiger partial charge in [0.1, 0.15) is 5.82 Å². The van der Waals surface area contributed by atoms with Crippen molar-refractivity contribution in [3.63, 3.8) is 0 Å². The van der Waals surface area contributed by atoms with E-state index in [1.54, 1.807) is 12.1 Å². The summed E-state index contributed by atoms with van der Waals surface area (Å²) in [6.45, 7) is 1.85. The third-order valence-electron chi connectivity index (χ3n) is 3.01. The molecule has 1 amide bonds. The number of hydrogen-bond acceptors (Lipinski definition) is 3. The standard InChI is InChI=1S/C16H13FN2O3/c1-11-4-2-3-5-14(11)18-16(20)9-7-12-6-8-13(17)10-15(12)19(21)22/h2-10H,1H3,(H,18,20). The number of rotatable bonds is 4. The Hall–Kier alpha value is -3.02. The van der Waals surface area contributed by atoms with Crippen LogP contribution < -0.4 is 5.32 Å². The molecule has 112 valence electrons. The van der Waals surface area contributed by atoms with Crippen molar-refractivity contribution in [1.82, 2.24) is 0 Å². The number of nitro benzene ring substituents is 1. The van der Waals surface area contributed by atoms with Crippen LogP contribution in [0.1, 0.15) is 11.1 Å². The highest BCUT2D eigenvalue weighted by atomic mass is 19.1. The zero-order valence-corrected chi connectivity index (χ0v) is 11.7. The minimum atomic E-state index is -0.701. The number of carbonyl (C=O) groups excluding carboxylic acids is 1. The molecule has 0 spiro atoms. The van der Waals surface area contributed by atoms with Crippen LogP contribution in [-0.4, -0.2) is 10.8 Å². The summed E-state index contributed by atoms with van der Waals surface area (Å²) in [6, 6.07) is 10.4. The average Bonchev–Trinajstić information content (AvgIpc) is 2.48. The lowest BCUT2D eigenvalue weighted by atomic mass is 10.1. The maximum absolute atomic E-state index is 13.0. The van der Waals surface area contributed by atoms with Gasteiger partial charge in [-0.3, -0.25) is 14.9 Å². The monoisotopic (exact) mass is 300 g/mol. The minimum Gasteiger partial charge on any atom is -0.322 e. The molecule has 22 heavy (non-hydrogen) atoms. The van der Waals surface area contributed by atoms with Crippen molar-refractivity contribution in [3.8, 4) is 0 Å². The molecule has 0 bridgehead atoms. The summed E-state index contributed by atoms with van der Waals surface area (Å²) in [5, 5.41) is 13.5. The first-order chi connectivity index (χ1) is 10.5. The first-order valence-electron chi connectivity index (χ1n) is 6.46. The minimum absolute atomic E-state index is 0.159. The first kappa shape index (κ1) is 15.4. The molecule has 0 unspecified atom stereocenters. The van der Waals surface area contributed by atoms with Crippen LogP contribution in [-0.2, 0) is 4.79 Å². The average molecular weight is 300 g/mol. The summed E-state index contributed by atoms with van der Waals surface area (Å²) in [5.41, 5.74) is 1.33. The molecule has 0 radical (unpaired) electrons. The van der Waals surface area contributed by atoms with E-state index in [-0.39, 0.29) is 11.3 Å². The van der Waals surface area contributed by atoms with E-state index in [0.717, 1.165) is 17.7 Å². The number of nitro groups is 1. The van der Waals surface area contributed by atoms with E-state index in [0.29, 0.717) is 5.69 Å². The predicted molar refractivity (Wildman–Crippen MR) is 81.9 cm³/mol. The Bertz CT molecular complexity index is 757. The zero-order chi connectivity index (χ0) is 16.1. The summed E-state index contributed by atoms with van der Waals surface area (Å²) in [7, 11) is 0. The normalized spacial score (nSPS) is 10.6. The fourth-order valence-electron chi connectivity index (χ4n) is 1.87. The molecule has 0 fully saturated rings. The molecule has 5 nitrogen and oxygen atoms in total. The van der Waals surface area contributed by atoms with Gasteiger partial charge < -0.3 is 5.32 Å². The highest BCUT2D eigenvalue weighted by Gasteiger charge is 2.12. The summed E-state index contributed by atoms with van der Waals surface area (Å²) in [5.74, 6) is -1.12. The number of halogens is 1. The van der Waals surface area contributed by atoms with Crippen LogP contribution in [0.15, 0.2) is 48.5 Å². The highest BCUT2D eigenvalue weighted by Crippen LogP contribution is 2.21. The first-order valence-corrected chi connectivity index (χ1v) is 6.46. The fourth-order valence-corrected chi connectivity index (χ4v) is 1.87. The van der Waals surface area contributed by atoms with Crippen molar-refractivity contribution in [2.75, 3.05) is 5.32 Å². The lowest BCUT2D eigenvalue weighted by Gasteiger charge is -2.05. The van der Waals surface area contributed by atoms with Gasteiger partial charge in [-0.15, -0.1) is 0 Å². The van der Waals surface area contributed by atoms with Crippen LogP contribution in [0.5, 0.6) is 0 Å². The molecule has 6 heteroatoms. The van der Waals surface area contributed by atoms with E-state index in [1.165, 1.54) is 18.2 Å². The summed E-state index contributed by atoms with van der Waals surface area (Å²) in [6.07, 6.45) is 2.46. The molecule has 0 aliphatic rings. The molecule has 2 aromatic carbocycles. The SMILES string of the molecule is Cc1ccccc1NC(=O)C=Cc1ccc(F)cc1[N+](=O)[O-]. The third kappa shape index (κ3) is 3.76. The number of benzene rings is 2. The Labute approximate surface area is 126 Å². The van der Waals surface area contributed by atoms with Crippen LogP contribution in [0.25, 0.3) is 6.08 Å². The van der Waals surface area contributed by atoms with Gasteiger partial charge in [-0.25, -0.2) is 4.39 Å². The number of nitrogens with one attached hydrogen (secondary N) is 1. The molecule has 0 saturated heterocycles. The van der Waals surface area contributed by atoms with Gasteiger partial charge in [0.25, 0.3) is 5.69 Å². The summed E-state index contributed by atoms with van der Waals surface area (Å²) in [4.78, 5) is 22.0. The van der Waals surface area contributed by atoms with Crippen molar-refractivity contribution in [2.24, 2.45) is 0 Å². The van der Waals surface area contributed by atoms with Crippen molar-refractivity contribution < 1.29 is 14.1 Å². The van der Waals surface area contributed by atoms with E-state index in [9.17, 15) is 19.3 Å². The van der Waals surface area contributed by atoms with Crippen LogP contribution in [0.4, 0.5) is 15.8 Å². The zero-order valence-electron chi connectivity index (χ0n) is 11.7. The molecular formula is C16H13FN2O3. The second-order valence-corrected chi connectivity index (χ2v) is 4.60. The number of aryl methyl sites for hydroxylation is 1. The number of hydrogen-bond donors (Lipinski definition) is 1. The van der Waals surface area contributed by atoms with Gasteiger partial charge in [0.05, 0.1) is 16.6 Å². The molecule has 0 atom stereocenters. The Balaban J connectivity index is 2.17. The maximum Gasteiger partial charge on any atom is 0.279 e. The van der Waals surface area contributed by atoms with Gasteiger partial charge in [0.2, 0.25) is 5.91 Å². The molecule has 0 aliphatic carbocycles. The molecule has 2 aromatic rings. The van der Waals surface area contributed by atoms with E-state index in [2.05, 4.69) is 5.32 Å². The Morgan fingerprint density at radius 3 is 2.68 bits per heavy atom. The largest absolute Gasteiger partial charge is 0.322 e. The van der Waals surface area contributed by atoms with E-state index < -0.39 is 16.6 Å². The van der Waals surface area contributed by atoms with Gasteiger partial charge in [-0.2, -0.15) is 0 Å². The number of amides is 1. The number of nitrogens with zero attached hydrogens (tertiary/aromatic N) is 1. The predicted octanol–water partition coefficient (Wildman–Crippen LogP) is 3.69. The third-order valence-corrected chi connectivity index (χ3v) is 3.01. The second-order valence-electron chi connectivity index (χ2n) is 4.60. The van der Waals surface area contributed by atoms with Gasteiger partial charge in [0.15, 0.2) is 0 Å². The van der Waals surface area contributed by atoms with E-state index >= 15 is 0 Å². The molecule has 2 rings (SSSR count). The van der Waals surface area contributed by atoms with Gasteiger partial charge >= 0.3 is 0 Å². The summed E-state index contributed by atoms with van der Waals surface area (Å²) < 4.78 is 13.0. The van der Waals surface area contributed by atoms with Crippen LogP contribution in [0.2, 0.25) is 0 Å². The molecule has 1 N–H and O–H groups in total. The van der Waals surface area contributed by atoms with Crippen LogP contribution in [0.3, 0.4) is 0 Å². The maximum atomic E-state index is 13.0. The van der Waals surface area contributed by atoms with Crippen molar-refractivity contribution in [3.05, 3.63) is 75.6 Å². The Kier molecular flexibility index (Phi) is 4.63. The van der Waals surface area contributed by atoms with Crippen LogP contribution >= 0.6 is 0 Å². The van der Waals surface area contributed by atoms with Crippen molar-refractivity contribution in [1.29, 1.82) is 0 Å². The molecule has 0 saturated carbocycles. The topological polar surface area (TPSA) is 72.2 Å². The number of carbonyl (C=O) groups is 1. The number of anilines is 1. The lowest BCUT2D eigenvalue weighted by Crippen LogP contribution is -2.08. The van der Waals surface area contributed by atoms with E-state index in [1.807, 2.05) is 19.1 Å². The second kappa shape index (κ2) is 6.62. The molecule has 0 aliphatic heterocycles. The van der Waals surface area contributed by atoms with Crippen molar-refractivity contribution >= 4 is 23.4 Å². The van der Waals surface area contributed by atoms with E-state index in [4.69, 9.17) is 0 Å². The number of para-hydroxylation sites is 1. The lowest BCUT2D eigenvalue weighted by molar-refractivity contribution is -0.385. The highest BCUT2D eigenvalue weighted by molar-refractivity contribution is 6.02. The van der Waals surface area contributed by atoms with Crippen molar-refractivity contribution in [2.45, 2.75) is 6.92 Å². The van der Waals surface area contributed by atoms with Crippen LogP contribution in [0, 0.1) is 22.9 Å². The Morgan fingerprint density at radius 1 is 1.27 bits per heavy atom. The smallest absolute Gasteiger partial charge is 0.279 e. The van der Waals surface area contributed by atoms with Gasteiger partial charge in [-0.1, -0.05) is 18.2 Å². The quantitative estimate of drug-likeness (QED) is 0.531. The van der Waals surface area contributed by atoms with Gasteiger partial charge in [0, 0.05) is 11.8 Å². The summed E-state index contributed by atoms with van der Waals surface area (Å²) >= 11 is 0. The molecule has 0 aromatic heterocycles. The Morgan fingerprint density at radius 2 is 2.00 bits per heavy atom. The molecular weight excluding hydrogens is 287 g/mol. The molecule has 0 heterocycles.